The summed E-state index contributed by atoms with van der Waals surface area (Å²) in [5.74, 6) is 0.268. The normalized spacial score (nSPS) is 11.8. The van der Waals surface area contributed by atoms with Crippen molar-refractivity contribution in [1.82, 2.24) is 25.3 Å². The van der Waals surface area contributed by atoms with Crippen LogP contribution in [0.5, 0.6) is 0 Å². The van der Waals surface area contributed by atoms with Crippen LogP contribution in [0.25, 0.3) is 0 Å². The van der Waals surface area contributed by atoms with E-state index in [2.05, 4.69) is 25.3 Å². The Bertz CT molecular complexity index is 724. The molecule has 0 spiro atoms. The number of aromatic amines is 1. The molecule has 0 aliphatic rings. The fourth-order valence-electron chi connectivity index (χ4n) is 2.08. The fraction of sp³-hybridized carbons (Fsp3) is 0.364. The number of rotatable bonds is 4. The van der Waals surface area contributed by atoms with Crippen LogP contribution in [0.2, 0.25) is 0 Å². The highest BCUT2D eigenvalue weighted by atomic mass is 32.2. The molecule has 0 atom stereocenters. The minimum Gasteiger partial charge on any atom is -0.398 e. The predicted octanol–water partition coefficient (Wildman–Crippen LogP) is 0.186. The number of H-pyrrole nitrogens is 1. The first-order chi connectivity index (χ1) is 9.33. The highest BCUT2D eigenvalue weighted by Gasteiger charge is 2.22. The molecule has 0 fully saturated rings. The number of tetrazole rings is 1. The highest BCUT2D eigenvalue weighted by molar-refractivity contribution is 7.89. The van der Waals surface area contributed by atoms with Crippen molar-refractivity contribution in [2.75, 3.05) is 5.73 Å². The molecule has 8 nitrogen and oxygen atoms in total. The Hall–Kier alpha value is -2.00. The zero-order chi connectivity index (χ0) is 14.9. The van der Waals surface area contributed by atoms with Crippen molar-refractivity contribution in [3.05, 3.63) is 28.6 Å². The summed E-state index contributed by atoms with van der Waals surface area (Å²) in [6, 6.07) is 1.76. The molecule has 108 valence electrons. The first kappa shape index (κ1) is 14.4. The van der Waals surface area contributed by atoms with E-state index in [1.807, 2.05) is 6.92 Å². The molecule has 2 aromatic rings. The van der Waals surface area contributed by atoms with Crippen LogP contribution in [0.4, 0.5) is 5.69 Å². The second-order valence-corrected chi connectivity index (χ2v) is 6.23. The van der Waals surface area contributed by atoms with Crippen LogP contribution in [0.3, 0.4) is 0 Å². The maximum absolute atomic E-state index is 12.4. The van der Waals surface area contributed by atoms with Crippen molar-refractivity contribution in [2.45, 2.75) is 32.2 Å². The molecule has 0 bridgehead atoms. The number of hydrogen-bond acceptors (Lipinski definition) is 6. The minimum atomic E-state index is -3.69. The average molecular weight is 296 g/mol. The lowest BCUT2D eigenvalue weighted by atomic mass is 10.1. The Morgan fingerprint density at radius 2 is 2.00 bits per heavy atom. The van der Waals surface area contributed by atoms with Crippen LogP contribution in [0.1, 0.15) is 22.5 Å². The predicted molar refractivity (Wildman–Crippen MR) is 73.3 cm³/mol. The van der Waals surface area contributed by atoms with Crippen molar-refractivity contribution < 1.29 is 8.42 Å². The van der Waals surface area contributed by atoms with E-state index in [0.29, 0.717) is 16.8 Å². The number of sulfonamides is 1. The Balaban J connectivity index is 2.37. The summed E-state index contributed by atoms with van der Waals surface area (Å²) in [4.78, 5) is 0.198. The molecule has 1 aromatic carbocycles. The number of nitrogens with zero attached hydrogens (tertiary/aromatic N) is 3. The van der Waals surface area contributed by atoms with Gasteiger partial charge in [0, 0.05) is 5.69 Å². The van der Waals surface area contributed by atoms with Gasteiger partial charge in [-0.05, 0) is 37.5 Å². The lowest BCUT2D eigenvalue weighted by Crippen LogP contribution is -2.26. The molecule has 0 radical (unpaired) electrons. The number of benzene rings is 1. The number of aromatic nitrogens is 4. The standard InChI is InChI=1S/C11H16N6O2S/c1-6-4-7(2)11(8(3)10(6)12)20(18,19)13-5-9-14-16-17-15-9/h4,13H,5,12H2,1-3H3,(H,14,15,16,17). The smallest absolute Gasteiger partial charge is 0.241 e. The van der Waals surface area contributed by atoms with Crippen LogP contribution in [0.15, 0.2) is 11.0 Å². The van der Waals surface area contributed by atoms with Gasteiger partial charge in [-0.25, -0.2) is 13.1 Å². The molecular formula is C11H16N6O2S. The SMILES string of the molecule is Cc1cc(C)c(S(=O)(=O)NCc2nn[nH]n2)c(C)c1N. The molecule has 2 rings (SSSR count). The van der Waals surface area contributed by atoms with Gasteiger partial charge in [0.2, 0.25) is 10.0 Å². The highest BCUT2D eigenvalue weighted by Crippen LogP contribution is 2.27. The molecule has 20 heavy (non-hydrogen) atoms. The van der Waals surface area contributed by atoms with Crippen LogP contribution >= 0.6 is 0 Å². The summed E-state index contributed by atoms with van der Waals surface area (Å²) < 4.78 is 27.2. The Labute approximate surface area is 116 Å². The summed E-state index contributed by atoms with van der Waals surface area (Å²) in [7, 11) is -3.69. The van der Waals surface area contributed by atoms with Gasteiger partial charge in [0.05, 0.1) is 11.4 Å². The first-order valence-corrected chi connectivity index (χ1v) is 7.39. The zero-order valence-electron chi connectivity index (χ0n) is 11.4. The average Bonchev–Trinajstić information content (AvgIpc) is 2.86. The Kier molecular flexibility index (Phi) is 3.73. The summed E-state index contributed by atoms with van der Waals surface area (Å²) in [5.41, 5.74) is 8.44. The molecule has 4 N–H and O–H groups in total. The molecule has 0 amide bonds. The summed E-state index contributed by atoms with van der Waals surface area (Å²) in [6.07, 6.45) is 0. The minimum absolute atomic E-state index is 0.0362. The zero-order valence-corrected chi connectivity index (χ0v) is 12.2. The van der Waals surface area contributed by atoms with Crippen LogP contribution in [-0.2, 0) is 16.6 Å². The number of aryl methyl sites for hydroxylation is 2. The summed E-state index contributed by atoms with van der Waals surface area (Å²) >= 11 is 0. The van der Waals surface area contributed by atoms with Gasteiger partial charge in [-0.1, -0.05) is 11.3 Å². The van der Waals surface area contributed by atoms with Crippen LogP contribution < -0.4 is 10.5 Å². The van der Waals surface area contributed by atoms with E-state index >= 15 is 0 Å². The Morgan fingerprint density at radius 1 is 1.30 bits per heavy atom. The van der Waals surface area contributed by atoms with Crippen LogP contribution in [-0.4, -0.2) is 29.0 Å². The second kappa shape index (κ2) is 5.17. The Morgan fingerprint density at radius 3 is 2.60 bits per heavy atom. The maximum atomic E-state index is 12.4. The molecular weight excluding hydrogens is 280 g/mol. The van der Waals surface area contributed by atoms with E-state index in [1.165, 1.54) is 0 Å². The van der Waals surface area contributed by atoms with Gasteiger partial charge < -0.3 is 5.73 Å². The molecule has 0 unspecified atom stereocenters. The molecule has 0 aliphatic carbocycles. The third kappa shape index (κ3) is 2.63. The van der Waals surface area contributed by atoms with Gasteiger partial charge in [0.15, 0.2) is 5.82 Å². The third-order valence-corrected chi connectivity index (χ3v) is 4.73. The van der Waals surface area contributed by atoms with E-state index in [1.54, 1.807) is 19.9 Å². The monoisotopic (exact) mass is 296 g/mol. The van der Waals surface area contributed by atoms with Gasteiger partial charge in [0.25, 0.3) is 0 Å². The van der Waals surface area contributed by atoms with Gasteiger partial charge in [-0.3, -0.25) is 0 Å². The van der Waals surface area contributed by atoms with Gasteiger partial charge in [-0.15, -0.1) is 10.2 Å². The number of hydrogen-bond donors (Lipinski definition) is 3. The molecule has 0 saturated heterocycles. The first-order valence-electron chi connectivity index (χ1n) is 5.91. The van der Waals surface area contributed by atoms with Gasteiger partial charge >= 0.3 is 0 Å². The number of nitrogen functional groups attached to an aromatic ring is 1. The van der Waals surface area contributed by atoms with Gasteiger partial charge in [-0.2, -0.15) is 5.21 Å². The van der Waals surface area contributed by atoms with Crippen molar-refractivity contribution in [3.8, 4) is 0 Å². The lowest BCUT2D eigenvalue weighted by molar-refractivity contribution is 0.578. The lowest BCUT2D eigenvalue weighted by Gasteiger charge is -2.15. The molecule has 1 heterocycles. The van der Waals surface area contributed by atoms with Crippen molar-refractivity contribution in [2.24, 2.45) is 0 Å². The van der Waals surface area contributed by atoms with Crippen molar-refractivity contribution in [1.29, 1.82) is 0 Å². The summed E-state index contributed by atoms with van der Waals surface area (Å²) in [5, 5.41) is 13.0. The van der Waals surface area contributed by atoms with E-state index in [9.17, 15) is 8.42 Å². The molecule has 0 aliphatic heterocycles. The van der Waals surface area contributed by atoms with E-state index in [0.717, 1.165) is 5.56 Å². The second-order valence-electron chi connectivity index (χ2n) is 4.53. The number of nitrogens with two attached hydrogens (primary N) is 1. The fourth-order valence-corrected chi connectivity index (χ4v) is 3.54. The number of anilines is 1. The van der Waals surface area contributed by atoms with Gasteiger partial charge in [0.1, 0.15) is 0 Å². The molecule has 0 saturated carbocycles. The van der Waals surface area contributed by atoms with Crippen molar-refractivity contribution >= 4 is 15.7 Å². The number of nitrogens with one attached hydrogen (secondary N) is 2. The molecule has 9 heteroatoms. The summed E-state index contributed by atoms with van der Waals surface area (Å²) in [6.45, 7) is 5.24. The third-order valence-electron chi connectivity index (χ3n) is 3.04. The van der Waals surface area contributed by atoms with E-state index < -0.39 is 10.0 Å². The van der Waals surface area contributed by atoms with E-state index in [-0.39, 0.29) is 17.3 Å². The molecule has 1 aromatic heterocycles. The topological polar surface area (TPSA) is 127 Å². The van der Waals surface area contributed by atoms with E-state index in [4.69, 9.17) is 5.73 Å². The largest absolute Gasteiger partial charge is 0.398 e. The van der Waals surface area contributed by atoms with Crippen LogP contribution in [0, 0.1) is 20.8 Å². The van der Waals surface area contributed by atoms with Crippen molar-refractivity contribution in [3.63, 3.8) is 0 Å². The maximum Gasteiger partial charge on any atom is 0.241 e. The quantitative estimate of drug-likeness (QED) is 0.691.